The lowest BCUT2D eigenvalue weighted by atomic mass is 10.2. The molecule has 1 aromatic heterocycles. The number of benzene rings is 2. The Hall–Kier alpha value is -3.95. The predicted molar refractivity (Wildman–Crippen MR) is 101 cm³/mol. The molecule has 0 aliphatic heterocycles. The number of methoxy groups -OCH3 is 2. The van der Waals surface area contributed by atoms with E-state index >= 15 is 0 Å². The van der Waals surface area contributed by atoms with Crippen molar-refractivity contribution in [3.8, 4) is 11.5 Å². The van der Waals surface area contributed by atoms with Crippen LogP contribution in [0.3, 0.4) is 0 Å². The smallest absolute Gasteiger partial charge is 0.271 e. The Morgan fingerprint density at radius 3 is 2.46 bits per heavy atom. The molecule has 0 unspecified atom stereocenters. The van der Waals surface area contributed by atoms with Gasteiger partial charge in [0.1, 0.15) is 18.0 Å². The number of hydrogen-bond acceptors (Lipinski definition) is 7. The van der Waals surface area contributed by atoms with Gasteiger partial charge in [-0.2, -0.15) is 0 Å². The number of carbonyl (C=O) groups excluding carboxylic acids is 1. The van der Waals surface area contributed by atoms with E-state index in [1.54, 1.807) is 18.2 Å². The largest absolute Gasteiger partial charge is 0.497 e. The van der Waals surface area contributed by atoms with E-state index in [0.29, 0.717) is 17.2 Å². The monoisotopic (exact) mass is 384 g/mol. The molecule has 28 heavy (non-hydrogen) atoms. The molecule has 0 atom stereocenters. The zero-order chi connectivity index (χ0) is 20.3. The highest BCUT2D eigenvalue weighted by Gasteiger charge is 2.13. The fraction of sp³-hybridized carbons (Fsp3) is 0.167. The van der Waals surface area contributed by atoms with Gasteiger partial charge in [-0.25, -0.2) is 4.98 Å². The van der Waals surface area contributed by atoms with Gasteiger partial charge in [-0.1, -0.05) is 0 Å². The summed E-state index contributed by atoms with van der Waals surface area (Å²) in [6, 6.07) is 8.64. The summed E-state index contributed by atoms with van der Waals surface area (Å²) in [6.07, 6.45) is 1.18. The number of amides is 1. The van der Waals surface area contributed by atoms with E-state index < -0.39 is 16.4 Å². The van der Waals surface area contributed by atoms with Gasteiger partial charge in [-0.3, -0.25) is 24.3 Å². The lowest BCUT2D eigenvalue weighted by molar-refractivity contribution is -0.384. The van der Waals surface area contributed by atoms with Crippen molar-refractivity contribution in [2.75, 3.05) is 19.5 Å². The summed E-state index contributed by atoms with van der Waals surface area (Å²) in [7, 11) is 2.98. The molecular weight excluding hydrogens is 368 g/mol. The van der Waals surface area contributed by atoms with Crippen molar-refractivity contribution in [3.05, 3.63) is 63.2 Å². The minimum atomic E-state index is -0.567. The zero-order valence-corrected chi connectivity index (χ0v) is 15.0. The molecule has 10 heteroatoms. The minimum Gasteiger partial charge on any atom is -0.497 e. The van der Waals surface area contributed by atoms with Crippen molar-refractivity contribution < 1.29 is 19.2 Å². The number of fused-ring (bicyclic) bond motifs is 1. The molecule has 2 aromatic carbocycles. The molecule has 0 aliphatic carbocycles. The third kappa shape index (κ3) is 3.90. The van der Waals surface area contributed by atoms with Gasteiger partial charge in [0.25, 0.3) is 11.2 Å². The molecule has 144 valence electrons. The second kappa shape index (κ2) is 7.74. The van der Waals surface area contributed by atoms with Gasteiger partial charge >= 0.3 is 0 Å². The Labute approximate surface area is 158 Å². The topological polar surface area (TPSA) is 126 Å². The van der Waals surface area contributed by atoms with Crippen molar-refractivity contribution in [2.24, 2.45) is 0 Å². The fourth-order valence-electron chi connectivity index (χ4n) is 2.61. The molecule has 0 fully saturated rings. The number of nitro benzene ring substituents is 1. The molecule has 3 rings (SSSR count). The maximum atomic E-state index is 12.5. The van der Waals surface area contributed by atoms with Crippen LogP contribution in [0.15, 0.2) is 47.5 Å². The van der Waals surface area contributed by atoms with Crippen molar-refractivity contribution >= 4 is 28.2 Å². The van der Waals surface area contributed by atoms with Crippen LogP contribution >= 0.6 is 0 Å². The number of carbonyl (C=O) groups is 1. The van der Waals surface area contributed by atoms with Crippen molar-refractivity contribution in [1.29, 1.82) is 0 Å². The van der Waals surface area contributed by atoms with Crippen molar-refractivity contribution in [3.63, 3.8) is 0 Å². The predicted octanol–water partition coefficient (Wildman–Crippen LogP) is 1.96. The standard InChI is InChI=1S/C18H16N4O6/c1-27-13-5-11(6-14(8-13)28-2)20-17(23)9-21-10-19-16-7-12(22(25)26)3-4-15(16)18(21)24/h3-8,10H,9H2,1-2H3,(H,20,23). The third-order valence-corrected chi connectivity index (χ3v) is 3.97. The van der Waals surface area contributed by atoms with Gasteiger partial charge in [0.2, 0.25) is 5.91 Å². The molecule has 1 N–H and O–H groups in total. The van der Waals surface area contributed by atoms with Crippen LogP contribution in [0.5, 0.6) is 11.5 Å². The summed E-state index contributed by atoms with van der Waals surface area (Å²) in [6.45, 7) is -0.279. The summed E-state index contributed by atoms with van der Waals surface area (Å²) >= 11 is 0. The molecule has 0 spiro atoms. The van der Waals surface area contributed by atoms with Crippen LogP contribution in [-0.4, -0.2) is 34.6 Å². The Morgan fingerprint density at radius 1 is 1.18 bits per heavy atom. The minimum absolute atomic E-state index is 0.165. The highest BCUT2D eigenvalue weighted by Crippen LogP contribution is 2.25. The average molecular weight is 384 g/mol. The van der Waals surface area contributed by atoms with E-state index in [4.69, 9.17) is 9.47 Å². The number of hydrogen-bond donors (Lipinski definition) is 1. The van der Waals surface area contributed by atoms with Crippen molar-refractivity contribution in [2.45, 2.75) is 6.54 Å². The van der Waals surface area contributed by atoms with Crippen LogP contribution in [0.1, 0.15) is 0 Å². The van der Waals surface area contributed by atoms with Crippen molar-refractivity contribution in [1.82, 2.24) is 9.55 Å². The van der Waals surface area contributed by atoms with E-state index in [-0.39, 0.29) is 23.1 Å². The maximum absolute atomic E-state index is 12.5. The van der Waals surface area contributed by atoms with E-state index in [2.05, 4.69) is 10.3 Å². The highest BCUT2D eigenvalue weighted by atomic mass is 16.6. The second-order valence-electron chi connectivity index (χ2n) is 5.79. The molecule has 0 saturated carbocycles. The summed E-state index contributed by atoms with van der Waals surface area (Å²) in [5.41, 5.74) is -0.00727. The first-order valence-electron chi connectivity index (χ1n) is 8.08. The van der Waals surface area contributed by atoms with Crippen LogP contribution in [0.25, 0.3) is 10.9 Å². The SMILES string of the molecule is COc1cc(NC(=O)Cn2cnc3cc([N+](=O)[O-])ccc3c2=O)cc(OC)c1. The summed E-state index contributed by atoms with van der Waals surface area (Å²) in [5, 5.41) is 13.7. The molecule has 3 aromatic rings. The normalized spacial score (nSPS) is 10.5. The second-order valence-corrected chi connectivity index (χ2v) is 5.79. The van der Waals surface area contributed by atoms with E-state index in [1.165, 1.54) is 38.7 Å². The molecule has 10 nitrogen and oxygen atoms in total. The Morgan fingerprint density at radius 2 is 1.86 bits per heavy atom. The molecule has 0 radical (unpaired) electrons. The highest BCUT2D eigenvalue weighted by molar-refractivity contribution is 5.91. The maximum Gasteiger partial charge on any atom is 0.271 e. The molecular formula is C18H16N4O6. The molecule has 0 bridgehead atoms. The van der Waals surface area contributed by atoms with E-state index in [0.717, 1.165) is 4.57 Å². The van der Waals surface area contributed by atoms with Gasteiger partial charge in [0.15, 0.2) is 0 Å². The molecule has 1 heterocycles. The summed E-state index contributed by atoms with van der Waals surface area (Å²) in [5.74, 6) is 0.544. The van der Waals surface area contributed by atoms with Crippen LogP contribution in [0, 0.1) is 10.1 Å². The third-order valence-electron chi connectivity index (χ3n) is 3.97. The molecule has 0 saturated heterocycles. The van der Waals surface area contributed by atoms with Gasteiger partial charge in [0.05, 0.1) is 36.4 Å². The number of anilines is 1. The Kier molecular flexibility index (Phi) is 5.21. The van der Waals surface area contributed by atoms with Gasteiger partial charge in [-0.15, -0.1) is 0 Å². The summed E-state index contributed by atoms with van der Waals surface area (Å²) < 4.78 is 11.4. The first kappa shape index (κ1) is 18.8. The molecule has 1 amide bonds. The number of nitro groups is 1. The lowest BCUT2D eigenvalue weighted by Crippen LogP contribution is -2.27. The zero-order valence-electron chi connectivity index (χ0n) is 15.0. The van der Waals surface area contributed by atoms with E-state index in [1.807, 2.05) is 0 Å². The molecule has 0 aliphatic rings. The van der Waals surface area contributed by atoms with Crippen LogP contribution in [-0.2, 0) is 11.3 Å². The van der Waals surface area contributed by atoms with Gasteiger partial charge in [0, 0.05) is 36.0 Å². The van der Waals surface area contributed by atoms with E-state index in [9.17, 15) is 19.7 Å². The number of rotatable bonds is 6. The Balaban J connectivity index is 1.83. The number of nitrogens with zero attached hydrogens (tertiary/aromatic N) is 3. The van der Waals surface area contributed by atoms with Crippen LogP contribution in [0.4, 0.5) is 11.4 Å². The number of nitrogens with one attached hydrogen (secondary N) is 1. The number of aromatic nitrogens is 2. The lowest BCUT2D eigenvalue weighted by Gasteiger charge is -2.11. The average Bonchev–Trinajstić information content (AvgIpc) is 2.69. The van der Waals surface area contributed by atoms with Gasteiger partial charge in [-0.05, 0) is 6.07 Å². The Bertz CT molecular complexity index is 1100. The first-order chi connectivity index (χ1) is 13.4. The summed E-state index contributed by atoms with van der Waals surface area (Å²) in [4.78, 5) is 39.2. The number of ether oxygens (including phenoxy) is 2. The number of non-ortho nitro benzene ring substituents is 1. The first-order valence-corrected chi connectivity index (χ1v) is 8.08. The van der Waals surface area contributed by atoms with Crippen LogP contribution < -0.4 is 20.3 Å². The van der Waals surface area contributed by atoms with Crippen LogP contribution in [0.2, 0.25) is 0 Å². The van der Waals surface area contributed by atoms with Gasteiger partial charge < -0.3 is 14.8 Å². The quantitative estimate of drug-likeness (QED) is 0.508. The fourth-order valence-corrected chi connectivity index (χ4v) is 2.61.